The molecular formula is C20H26N4O. The summed E-state index contributed by atoms with van der Waals surface area (Å²) in [6, 6.07) is 8.71. The van der Waals surface area contributed by atoms with Gasteiger partial charge in [-0.15, -0.1) is 0 Å². The molecule has 1 aromatic heterocycles. The zero-order valence-corrected chi connectivity index (χ0v) is 15.0. The molecule has 2 aliphatic carbocycles. The van der Waals surface area contributed by atoms with Crippen LogP contribution < -0.4 is 10.6 Å². The first-order chi connectivity index (χ1) is 12.1. The van der Waals surface area contributed by atoms with E-state index in [-0.39, 0.29) is 12.1 Å². The third kappa shape index (κ3) is 3.03. The van der Waals surface area contributed by atoms with Crippen LogP contribution >= 0.6 is 0 Å². The fourth-order valence-corrected chi connectivity index (χ4v) is 4.45. The number of benzene rings is 1. The van der Waals surface area contributed by atoms with Crippen LogP contribution in [0.2, 0.25) is 0 Å². The van der Waals surface area contributed by atoms with Gasteiger partial charge in [0.2, 0.25) is 0 Å². The first-order valence-corrected chi connectivity index (χ1v) is 9.20. The highest BCUT2D eigenvalue weighted by molar-refractivity contribution is 5.74. The number of hydrogen-bond acceptors (Lipinski definition) is 2. The van der Waals surface area contributed by atoms with E-state index in [0.29, 0.717) is 11.3 Å². The standard InChI is InChI=1S/C20H26N4O/c1-14(16-11-22-24(2)13-16)23-19(25)21-12-17-10-20(17)9-5-7-15-6-3-4-8-18(15)20/h3-4,6,8,11,13-14,17H,5,7,9-10,12H2,1-2H3,(H2,21,23,25)/t14-,17-,20+/m0/s1. The van der Waals surface area contributed by atoms with E-state index in [4.69, 9.17) is 0 Å². The summed E-state index contributed by atoms with van der Waals surface area (Å²) in [4.78, 5) is 12.2. The van der Waals surface area contributed by atoms with E-state index in [0.717, 1.165) is 12.1 Å². The SMILES string of the molecule is C[C@H](NC(=O)NC[C@@H]1C[C@]12CCCc1ccccc12)c1cnn(C)c1. The Morgan fingerprint density at radius 2 is 2.28 bits per heavy atom. The van der Waals surface area contributed by atoms with Gasteiger partial charge in [-0.1, -0.05) is 24.3 Å². The minimum Gasteiger partial charge on any atom is -0.338 e. The Bertz CT molecular complexity index is 784. The summed E-state index contributed by atoms with van der Waals surface area (Å²) >= 11 is 0. The van der Waals surface area contributed by atoms with Crippen LogP contribution in [0.4, 0.5) is 4.79 Å². The van der Waals surface area contributed by atoms with Crippen molar-refractivity contribution in [2.45, 2.75) is 44.1 Å². The number of fused-ring (bicyclic) bond motifs is 2. The Morgan fingerprint density at radius 1 is 1.44 bits per heavy atom. The molecule has 1 spiro atoms. The minimum atomic E-state index is -0.0949. The molecule has 2 aromatic rings. The second-order valence-electron chi connectivity index (χ2n) is 7.59. The lowest BCUT2D eigenvalue weighted by Crippen LogP contribution is -2.38. The van der Waals surface area contributed by atoms with Crippen molar-refractivity contribution < 1.29 is 4.79 Å². The molecule has 0 unspecified atom stereocenters. The summed E-state index contributed by atoms with van der Waals surface area (Å²) in [6.07, 6.45) is 8.63. The topological polar surface area (TPSA) is 59.0 Å². The van der Waals surface area contributed by atoms with E-state index in [9.17, 15) is 4.79 Å². The van der Waals surface area contributed by atoms with E-state index in [1.165, 1.54) is 36.8 Å². The van der Waals surface area contributed by atoms with Gasteiger partial charge >= 0.3 is 6.03 Å². The Labute approximate surface area is 148 Å². The average Bonchev–Trinajstić information content (AvgIpc) is 3.10. The number of amides is 2. The number of rotatable bonds is 4. The van der Waals surface area contributed by atoms with Gasteiger partial charge in [0.1, 0.15) is 0 Å². The smallest absolute Gasteiger partial charge is 0.315 e. The van der Waals surface area contributed by atoms with Crippen molar-refractivity contribution in [1.82, 2.24) is 20.4 Å². The highest BCUT2D eigenvalue weighted by Crippen LogP contribution is 2.59. The van der Waals surface area contributed by atoms with Crippen LogP contribution in [0, 0.1) is 5.92 Å². The molecule has 0 aliphatic heterocycles. The first-order valence-electron chi connectivity index (χ1n) is 9.20. The van der Waals surface area contributed by atoms with Crippen LogP contribution in [0.25, 0.3) is 0 Å². The Kier molecular flexibility index (Phi) is 4.02. The molecule has 2 N–H and O–H groups in total. The molecule has 3 atom stereocenters. The fraction of sp³-hybridized carbons (Fsp3) is 0.500. The van der Waals surface area contributed by atoms with Crippen LogP contribution in [0.1, 0.15) is 48.9 Å². The van der Waals surface area contributed by atoms with Crippen molar-refractivity contribution >= 4 is 6.03 Å². The molecule has 1 fully saturated rings. The van der Waals surface area contributed by atoms with Crippen molar-refractivity contribution in [3.05, 3.63) is 53.3 Å². The Balaban J connectivity index is 1.32. The van der Waals surface area contributed by atoms with E-state index >= 15 is 0 Å². The van der Waals surface area contributed by atoms with Gasteiger partial charge in [0.05, 0.1) is 12.2 Å². The quantitative estimate of drug-likeness (QED) is 0.900. The lowest BCUT2D eigenvalue weighted by molar-refractivity contribution is 0.237. The summed E-state index contributed by atoms with van der Waals surface area (Å²) in [6.45, 7) is 2.73. The van der Waals surface area contributed by atoms with E-state index < -0.39 is 0 Å². The van der Waals surface area contributed by atoms with Gasteiger partial charge in [0.15, 0.2) is 0 Å². The molecule has 2 aliphatic rings. The molecule has 1 saturated carbocycles. The Morgan fingerprint density at radius 3 is 3.08 bits per heavy atom. The molecule has 0 bridgehead atoms. The molecule has 0 radical (unpaired) electrons. The zero-order chi connectivity index (χ0) is 17.4. The lowest BCUT2D eigenvalue weighted by atomic mass is 9.78. The highest BCUT2D eigenvalue weighted by Gasteiger charge is 2.56. The lowest BCUT2D eigenvalue weighted by Gasteiger charge is -2.26. The predicted molar refractivity (Wildman–Crippen MR) is 97.3 cm³/mol. The van der Waals surface area contributed by atoms with Crippen molar-refractivity contribution in [2.24, 2.45) is 13.0 Å². The number of aryl methyl sites for hydroxylation is 2. The first kappa shape index (κ1) is 16.2. The number of aromatic nitrogens is 2. The van der Waals surface area contributed by atoms with Gasteiger partial charge in [-0.3, -0.25) is 4.68 Å². The monoisotopic (exact) mass is 338 g/mol. The molecule has 5 heteroatoms. The van der Waals surface area contributed by atoms with E-state index in [1.54, 1.807) is 10.9 Å². The van der Waals surface area contributed by atoms with Gasteiger partial charge in [-0.05, 0) is 49.7 Å². The zero-order valence-electron chi connectivity index (χ0n) is 15.0. The predicted octanol–water partition coefficient (Wildman–Crippen LogP) is 3.07. The maximum absolute atomic E-state index is 12.2. The summed E-state index contributed by atoms with van der Waals surface area (Å²) in [5.41, 5.74) is 4.36. The van der Waals surface area contributed by atoms with Crippen LogP contribution in [-0.2, 0) is 18.9 Å². The van der Waals surface area contributed by atoms with Crippen LogP contribution in [0.3, 0.4) is 0 Å². The van der Waals surface area contributed by atoms with Crippen molar-refractivity contribution in [3.8, 4) is 0 Å². The molecule has 5 nitrogen and oxygen atoms in total. The van der Waals surface area contributed by atoms with Crippen LogP contribution in [0.5, 0.6) is 0 Å². The largest absolute Gasteiger partial charge is 0.338 e. The second kappa shape index (κ2) is 6.21. The second-order valence-corrected chi connectivity index (χ2v) is 7.59. The normalized spacial score (nSPS) is 25.3. The molecule has 132 valence electrons. The fourth-order valence-electron chi connectivity index (χ4n) is 4.45. The van der Waals surface area contributed by atoms with Crippen LogP contribution in [0.15, 0.2) is 36.7 Å². The molecular weight excluding hydrogens is 312 g/mol. The highest BCUT2D eigenvalue weighted by atomic mass is 16.2. The third-order valence-corrected chi connectivity index (χ3v) is 5.94. The van der Waals surface area contributed by atoms with Crippen molar-refractivity contribution in [2.75, 3.05) is 6.54 Å². The summed E-state index contributed by atoms with van der Waals surface area (Å²) in [5, 5.41) is 10.2. The summed E-state index contributed by atoms with van der Waals surface area (Å²) in [5.74, 6) is 0.563. The number of hydrogen-bond donors (Lipinski definition) is 2. The summed E-state index contributed by atoms with van der Waals surface area (Å²) in [7, 11) is 1.88. The maximum Gasteiger partial charge on any atom is 0.315 e. The van der Waals surface area contributed by atoms with E-state index in [2.05, 4.69) is 40.0 Å². The van der Waals surface area contributed by atoms with Gasteiger partial charge in [-0.2, -0.15) is 5.10 Å². The number of urea groups is 1. The maximum atomic E-state index is 12.2. The van der Waals surface area contributed by atoms with Gasteiger partial charge in [0, 0.05) is 30.8 Å². The van der Waals surface area contributed by atoms with E-state index in [1.807, 2.05) is 20.2 Å². The van der Waals surface area contributed by atoms with Crippen molar-refractivity contribution in [1.29, 1.82) is 0 Å². The van der Waals surface area contributed by atoms with Gasteiger partial charge in [0.25, 0.3) is 0 Å². The molecule has 4 rings (SSSR count). The van der Waals surface area contributed by atoms with Gasteiger partial charge < -0.3 is 10.6 Å². The number of nitrogens with zero attached hydrogens (tertiary/aromatic N) is 2. The van der Waals surface area contributed by atoms with Crippen molar-refractivity contribution in [3.63, 3.8) is 0 Å². The third-order valence-electron chi connectivity index (χ3n) is 5.94. The summed E-state index contributed by atoms with van der Waals surface area (Å²) < 4.78 is 1.75. The molecule has 1 aromatic carbocycles. The molecule has 2 amide bonds. The number of nitrogens with one attached hydrogen (secondary N) is 2. The molecule has 25 heavy (non-hydrogen) atoms. The van der Waals surface area contributed by atoms with Crippen LogP contribution in [-0.4, -0.2) is 22.4 Å². The average molecular weight is 338 g/mol. The Hall–Kier alpha value is -2.30. The molecule has 1 heterocycles. The van der Waals surface area contributed by atoms with Gasteiger partial charge in [-0.25, -0.2) is 4.79 Å². The number of carbonyl (C=O) groups is 1. The number of carbonyl (C=O) groups excluding carboxylic acids is 1. The molecule has 0 saturated heterocycles. The minimum absolute atomic E-state index is 0.0442.